The van der Waals surface area contributed by atoms with Crippen LogP contribution in [0.2, 0.25) is 5.02 Å². The molecule has 2 aromatic carbocycles. The lowest BCUT2D eigenvalue weighted by Crippen LogP contribution is -2.48. The van der Waals surface area contributed by atoms with Gasteiger partial charge < -0.3 is 14.8 Å². The molecule has 1 amide bonds. The Bertz CT molecular complexity index is 769. The predicted octanol–water partition coefficient (Wildman–Crippen LogP) is 2.73. The fourth-order valence-corrected chi connectivity index (χ4v) is 2.29. The van der Waals surface area contributed by atoms with Gasteiger partial charge in [0.05, 0.1) is 12.1 Å². The molecule has 0 spiro atoms. The van der Waals surface area contributed by atoms with Crippen LogP contribution in [0.1, 0.15) is 11.1 Å². The molecule has 0 radical (unpaired) electrons. The first-order valence-corrected chi connectivity index (χ1v) is 8.61. The van der Waals surface area contributed by atoms with Crippen LogP contribution >= 0.6 is 23.8 Å². The lowest BCUT2D eigenvalue weighted by Gasteiger charge is -2.13. The lowest BCUT2D eigenvalue weighted by atomic mass is 10.2. The molecule has 0 atom stereocenters. The molecule has 2 aromatic rings. The predicted molar refractivity (Wildman–Crippen MR) is 105 cm³/mol. The van der Waals surface area contributed by atoms with Gasteiger partial charge in [-0.2, -0.15) is 0 Å². The van der Waals surface area contributed by atoms with E-state index in [-0.39, 0.29) is 12.5 Å². The summed E-state index contributed by atoms with van der Waals surface area (Å²) in [6.07, 6.45) is 0. The number of benzene rings is 2. The maximum atomic E-state index is 11.8. The van der Waals surface area contributed by atoms with Crippen molar-refractivity contribution >= 4 is 34.8 Å². The smallest absolute Gasteiger partial charge is 0.276 e. The summed E-state index contributed by atoms with van der Waals surface area (Å²) in [5, 5.41) is 3.73. The van der Waals surface area contributed by atoms with Gasteiger partial charge in [0.25, 0.3) is 5.91 Å². The normalized spacial score (nSPS) is 9.96. The summed E-state index contributed by atoms with van der Waals surface area (Å²) in [7, 11) is 1.62. The number of carbonyl (C=O) groups excluding carboxylic acids is 1. The SMILES string of the molecule is COc1ccc(CNC(=S)NNC(=O)COc2cc(C)ccc2Cl)cc1. The Hall–Kier alpha value is -2.51. The second-order valence-electron chi connectivity index (χ2n) is 5.43. The molecule has 0 aliphatic carbocycles. The third-order valence-electron chi connectivity index (χ3n) is 3.37. The van der Waals surface area contributed by atoms with E-state index < -0.39 is 0 Å². The molecule has 26 heavy (non-hydrogen) atoms. The van der Waals surface area contributed by atoms with Gasteiger partial charge in [0.15, 0.2) is 11.7 Å². The van der Waals surface area contributed by atoms with E-state index in [0.717, 1.165) is 16.9 Å². The molecule has 0 heterocycles. The molecule has 0 unspecified atom stereocenters. The molecule has 0 saturated carbocycles. The molecule has 0 saturated heterocycles. The van der Waals surface area contributed by atoms with Gasteiger partial charge in [-0.3, -0.25) is 15.6 Å². The van der Waals surface area contributed by atoms with E-state index in [9.17, 15) is 4.79 Å². The summed E-state index contributed by atoms with van der Waals surface area (Å²) in [6, 6.07) is 12.9. The molecule has 2 rings (SSSR count). The first-order valence-electron chi connectivity index (χ1n) is 7.82. The minimum atomic E-state index is -0.379. The molecule has 3 N–H and O–H groups in total. The molecule has 6 nitrogen and oxygen atoms in total. The molecule has 0 aliphatic heterocycles. The molecule has 0 aromatic heterocycles. The van der Waals surface area contributed by atoms with Crippen molar-refractivity contribution < 1.29 is 14.3 Å². The van der Waals surface area contributed by atoms with E-state index in [0.29, 0.717) is 22.4 Å². The van der Waals surface area contributed by atoms with Crippen molar-refractivity contribution in [3.63, 3.8) is 0 Å². The van der Waals surface area contributed by atoms with Gasteiger partial charge >= 0.3 is 0 Å². The Morgan fingerprint density at radius 2 is 1.88 bits per heavy atom. The summed E-state index contributed by atoms with van der Waals surface area (Å²) in [6.45, 7) is 2.25. The maximum absolute atomic E-state index is 11.8. The quantitative estimate of drug-likeness (QED) is 0.518. The number of halogens is 1. The Morgan fingerprint density at radius 3 is 2.58 bits per heavy atom. The van der Waals surface area contributed by atoms with Gasteiger partial charge in [0.2, 0.25) is 0 Å². The number of amides is 1. The van der Waals surface area contributed by atoms with E-state index in [2.05, 4.69) is 16.2 Å². The number of hydrogen-bond acceptors (Lipinski definition) is 4. The van der Waals surface area contributed by atoms with Gasteiger partial charge in [-0.05, 0) is 54.5 Å². The van der Waals surface area contributed by atoms with Crippen molar-refractivity contribution in [1.82, 2.24) is 16.2 Å². The highest BCUT2D eigenvalue weighted by atomic mass is 35.5. The third-order valence-corrected chi connectivity index (χ3v) is 3.93. The fraction of sp³-hybridized carbons (Fsp3) is 0.222. The van der Waals surface area contributed by atoms with Crippen LogP contribution in [0, 0.1) is 6.92 Å². The number of ether oxygens (including phenoxy) is 2. The largest absolute Gasteiger partial charge is 0.497 e. The first kappa shape index (κ1) is 19.8. The van der Waals surface area contributed by atoms with Crippen LogP contribution in [0.3, 0.4) is 0 Å². The van der Waals surface area contributed by atoms with Crippen LogP contribution in [-0.2, 0) is 11.3 Å². The summed E-state index contributed by atoms with van der Waals surface area (Å²) in [4.78, 5) is 11.8. The lowest BCUT2D eigenvalue weighted by molar-refractivity contribution is -0.123. The molecule has 138 valence electrons. The van der Waals surface area contributed by atoms with Crippen molar-refractivity contribution in [3.05, 3.63) is 58.6 Å². The van der Waals surface area contributed by atoms with Crippen LogP contribution in [0.25, 0.3) is 0 Å². The highest BCUT2D eigenvalue weighted by molar-refractivity contribution is 7.80. The highest BCUT2D eigenvalue weighted by Crippen LogP contribution is 2.24. The fourth-order valence-electron chi connectivity index (χ4n) is 2.00. The van der Waals surface area contributed by atoms with E-state index in [4.69, 9.17) is 33.3 Å². The Morgan fingerprint density at radius 1 is 1.15 bits per heavy atom. The van der Waals surface area contributed by atoms with Crippen LogP contribution in [-0.4, -0.2) is 24.7 Å². The first-order chi connectivity index (χ1) is 12.5. The summed E-state index contributed by atoms with van der Waals surface area (Å²) < 4.78 is 10.5. The monoisotopic (exact) mass is 393 g/mol. The number of aryl methyl sites for hydroxylation is 1. The number of rotatable bonds is 6. The second-order valence-corrected chi connectivity index (χ2v) is 6.24. The Balaban J connectivity index is 1.69. The van der Waals surface area contributed by atoms with Crippen LogP contribution in [0.4, 0.5) is 0 Å². The third kappa shape index (κ3) is 6.42. The van der Waals surface area contributed by atoms with Gasteiger partial charge in [-0.1, -0.05) is 29.8 Å². The number of hydrazine groups is 1. The number of carbonyl (C=O) groups is 1. The minimum Gasteiger partial charge on any atom is -0.497 e. The molecular weight excluding hydrogens is 374 g/mol. The minimum absolute atomic E-state index is 0.183. The van der Waals surface area contributed by atoms with E-state index in [1.165, 1.54) is 0 Å². The van der Waals surface area contributed by atoms with Crippen molar-refractivity contribution in [2.75, 3.05) is 13.7 Å². The molecular formula is C18H20ClN3O3S. The van der Waals surface area contributed by atoms with Crippen LogP contribution < -0.4 is 25.6 Å². The summed E-state index contributed by atoms with van der Waals surface area (Å²) in [5.41, 5.74) is 7.10. The van der Waals surface area contributed by atoms with Crippen molar-refractivity contribution in [1.29, 1.82) is 0 Å². The Kier molecular flexibility index (Phi) is 7.50. The van der Waals surface area contributed by atoms with Crippen LogP contribution in [0.15, 0.2) is 42.5 Å². The van der Waals surface area contributed by atoms with E-state index >= 15 is 0 Å². The zero-order valence-electron chi connectivity index (χ0n) is 14.5. The number of nitrogens with one attached hydrogen (secondary N) is 3. The number of methoxy groups -OCH3 is 1. The average Bonchev–Trinajstić information content (AvgIpc) is 2.65. The molecule has 0 bridgehead atoms. The van der Waals surface area contributed by atoms with Gasteiger partial charge in [0.1, 0.15) is 11.5 Å². The van der Waals surface area contributed by atoms with Gasteiger partial charge in [-0.15, -0.1) is 0 Å². The maximum Gasteiger partial charge on any atom is 0.276 e. The van der Waals surface area contributed by atoms with E-state index in [1.807, 2.05) is 37.3 Å². The average molecular weight is 394 g/mol. The summed E-state index contributed by atoms with van der Waals surface area (Å²) >= 11 is 11.1. The standard InChI is InChI=1S/C18H20ClN3O3S/c1-12-3-8-15(19)16(9-12)25-11-17(23)21-22-18(26)20-10-13-4-6-14(24-2)7-5-13/h3-9H,10-11H2,1-2H3,(H,21,23)(H2,20,22,26). The summed E-state index contributed by atoms with van der Waals surface area (Å²) in [5.74, 6) is 0.869. The van der Waals surface area contributed by atoms with Crippen molar-refractivity contribution in [2.45, 2.75) is 13.5 Å². The Labute approximate surface area is 162 Å². The van der Waals surface area contributed by atoms with Crippen molar-refractivity contribution in [3.8, 4) is 11.5 Å². The number of thiocarbonyl (C=S) groups is 1. The molecule has 0 aliphatic rings. The topological polar surface area (TPSA) is 71.6 Å². The van der Waals surface area contributed by atoms with Gasteiger partial charge in [-0.25, -0.2) is 0 Å². The highest BCUT2D eigenvalue weighted by Gasteiger charge is 2.06. The second kappa shape index (κ2) is 9.84. The number of hydrogen-bond donors (Lipinski definition) is 3. The van der Waals surface area contributed by atoms with Gasteiger partial charge in [0, 0.05) is 6.54 Å². The van der Waals surface area contributed by atoms with E-state index in [1.54, 1.807) is 19.2 Å². The molecule has 8 heteroatoms. The van der Waals surface area contributed by atoms with Crippen LogP contribution in [0.5, 0.6) is 11.5 Å². The van der Waals surface area contributed by atoms with Crippen molar-refractivity contribution in [2.24, 2.45) is 0 Å². The molecule has 0 fully saturated rings. The zero-order valence-corrected chi connectivity index (χ0v) is 16.0. The zero-order chi connectivity index (χ0) is 18.9.